The number of hydrogen-bond donors (Lipinski definition) is 0. The molecule has 1 aliphatic heterocycles. The van der Waals surface area contributed by atoms with Gasteiger partial charge in [0.2, 0.25) is 5.90 Å². The molecule has 1 aliphatic rings. The number of esters is 1. The van der Waals surface area contributed by atoms with Crippen LogP contribution in [0.2, 0.25) is 15.1 Å². The zero-order chi connectivity index (χ0) is 15.7. The third-order valence-electron chi connectivity index (χ3n) is 3.00. The van der Waals surface area contributed by atoms with E-state index < -0.39 is 5.97 Å². The van der Waals surface area contributed by atoms with Crippen LogP contribution >= 0.6 is 34.8 Å². The molecule has 0 bridgehead atoms. The maximum Gasteiger partial charge on any atom is 0.363 e. The molecule has 0 saturated heterocycles. The summed E-state index contributed by atoms with van der Waals surface area (Å²) < 4.78 is 5.17. The summed E-state index contributed by atoms with van der Waals surface area (Å²) in [7, 11) is 0. The maximum atomic E-state index is 11.9. The van der Waals surface area contributed by atoms with Gasteiger partial charge in [0.1, 0.15) is 0 Å². The Balaban J connectivity index is 2.02. The summed E-state index contributed by atoms with van der Waals surface area (Å²) >= 11 is 18.1. The molecule has 22 heavy (non-hydrogen) atoms. The number of hydrogen-bond acceptors (Lipinski definition) is 3. The van der Waals surface area contributed by atoms with Crippen molar-refractivity contribution >= 4 is 52.7 Å². The first-order valence-electron chi connectivity index (χ1n) is 6.28. The number of benzene rings is 2. The van der Waals surface area contributed by atoms with Crippen molar-refractivity contribution in [2.24, 2.45) is 4.99 Å². The highest BCUT2D eigenvalue weighted by Gasteiger charge is 2.25. The highest BCUT2D eigenvalue weighted by atomic mass is 35.5. The van der Waals surface area contributed by atoms with E-state index in [-0.39, 0.29) is 11.6 Å². The fourth-order valence-electron chi connectivity index (χ4n) is 1.94. The average molecular weight is 353 g/mol. The lowest BCUT2D eigenvalue weighted by atomic mass is 10.2. The first-order chi connectivity index (χ1) is 10.6. The molecule has 0 atom stereocenters. The fraction of sp³-hybridized carbons (Fsp3) is 0. The van der Waals surface area contributed by atoms with E-state index in [0.717, 1.165) is 0 Å². The van der Waals surface area contributed by atoms with Crippen molar-refractivity contribution in [3.8, 4) is 0 Å². The van der Waals surface area contributed by atoms with Crippen molar-refractivity contribution in [1.82, 2.24) is 0 Å². The average Bonchev–Trinajstić information content (AvgIpc) is 2.85. The molecule has 1 heterocycles. The Labute approximate surface area is 141 Å². The van der Waals surface area contributed by atoms with Crippen molar-refractivity contribution in [3.63, 3.8) is 0 Å². The topological polar surface area (TPSA) is 38.7 Å². The van der Waals surface area contributed by atoms with Gasteiger partial charge in [0.05, 0.1) is 20.6 Å². The first-order valence-corrected chi connectivity index (χ1v) is 7.41. The van der Waals surface area contributed by atoms with Crippen LogP contribution < -0.4 is 0 Å². The van der Waals surface area contributed by atoms with E-state index in [9.17, 15) is 4.79 Å². The lowest BCUT2D eigenvalue weighted by molar-refractivity contribution is -0.129. The molecule has 0 unspecified atom stereocenters. The molecule has 2 aromatic rings. The molecule has 3 nitrogen and oxygen atoms in total. The number of ether oxygens (including phenoxy) is 1. The highest BCUT2D eigenvalue weighted by molar-refractivity contribution is 6.43. The molecule has 0 aliphatic carbocycles. The van der Waals surface area contributed by atoms with Gasteiger partial charge in [0.15, 0.2) is 5.70 Å². The van der Waals surface area contributed by atoms with Crippen LogP contribution in [0.1, 0.15) is 11.1 Å². The van der Waals surface area contributed by atoms with Crippen LogP contribution in [0.15, 0.2) is 53.2 Å². The van der Waals surface area contributed by atoms with Crippen molar-refractivity contribution in [2.45, 2.75) is 0 Å². The van der Waals surface area contributed by atoms with Crippen LogP contribution in [0, 0.1) is 0 Å². The summed E-state index contributed by atoms with van der Waals surface area (Å²) in [5, 5.41) is 1.21. The van der Waals surface area contributed by atoms with Crippen molar-refractivity contribution in [3.05, 3.63) is 74.4 Å². The maximum absolute atomic E-state index is 11.9. The molecule has 0 saturated carbocycles. The molecule has 0 radical (unpaired) electrons. The van der Waals surface area contributed by atoms with Gasteiger partial charge >= 0.3 is 5.97 Å². The summed E-state index contributed by atoms with van der Waals surface area (Å²) in [4.78, 5) is 16.1. The molecule has 2 aromatic carbocycles. The summed E-state index contributed by atoms with van der Waals surface area (Å²) in [5.74, 6) is -0.397. The van der Waals surface area contributed by atoms with Gasteiger partial charge in [-0.1, -0.05) is 59.1 Å². The monoisotopic (exact) mass is 351 g/mol. The summed E-state index contributed by atoms with van der Waals surface area (Å²) in [6.07, 6.45) is 1.53. The van der Waals surface area contributed by atoms with Crippen LogP contribution in [0.3, 0.4) is 0 Å². The van der Waals surface area contributed by atoms with E-state index in [0.29, 0.717) is 26.2 Å². The molecular formula is C16H8Cl3NO2. The third-order valence-corrected chi connectivity index (χ3v) is 4.16. The third kappa shape index (κ3) is 2.88. The van der Waals surface area contributed by atoms with Gasteiger partial charge in [0.25, 0.3) is 0 Å². The van der Waals surface area contributed by atoms with E-state index in [1.54, 1.807) is 42.5 Å². The Bertz CT molecular complexity index is 828. The van der Waals surface area contributed by atoms with Gasteiger partial charge in [-0.25, -0.2) is 9.79 Å². The van der Waals surface area contributed by atoms with Crippen LogP contribution in [-0.4, -0.2) is 11.9 Å². The Kier molecular flexibility index (Phi) is 4.21. The van der Waals surface area contributed by atoms with E-state index in [4.69, 9.17) is 39.5 Å². The predicted molar refractivity (Wildman–Crippen MR) is 88.5 cm³/mol. The van der Waals surface area contributed by atoms with Gasteiger partial charge in [-0.2, -0.15) is 0 Å². The van der Waals surface area contributed by atoms with Gasteiger partial charge < -0.3 is 4.74 Å². The number of carbonyl (C=O) groups excluding carboxylic acids is 1. The van der Waals surface area contributed by atoms with Gasteiger partial charge in [0, 0.05) is 0 Å². The number of rotatable bonds is 2. The Morgan fingerprint density at radius 3 is 2.45 bits per heavy atom. The summed E-state index contributed by atoms with van der Waals surface area (Å²) in [6.45, 7) is 0. The quantitative estimate of drug-likeness (QED) is 0.564. The highest BCUT2D eigenvalue weighted by Crippen LogP contribution is 2.29. The zero-order valence-electron chi connectivity index (χ0n) is 11.0. The van der Waals surface area contributed by atoms with Crippen LogP contribution in [0.5, 0.6) is 0 Å². The molecule has 0 amide bonds. The second kappa shape index (κ2) is 6.13. The van der Waals surface area contributed by atoms with E-state index in [1.165, 1.54) is 6.08 Å². The Morgan fingerprint density at radius 2 is 1.68 bits per heavy atom. The smallest absolute Gasteiger partial charge is 0.363 e. The minimum atomic E-state index is -0.564. The van der Waals surface area contributed by atoms with E-state index in [2.05, 4.69) is 4.99 Å². The molecular weight excluding hydrogens is 345 g/mol. The van der Waals surface area contributed by atoms with Crippen LogP contribution in [0.25, 0.3) is 6.08 Å². The van der Waals surface area contributed by atoms with Crippen LogP contribution in [0.4, 0.5) is 0 Å². The van der Waals surface area contributed by atoms with Gasteiger partial charge in [-0.15, -0.1) is 0 Å². The van der Waals surface area contributed by atoms with Crippen LogP contribution in [-0.2, 0) is 9.53 Å². The molecule has 0 aromatic heterocycles. The summed E-state index contributed by atoms with van der Waals surface area (Å²) in [6, 6.07) is 12.1. The Morgan fingerprint density at radius 1 is 0.955 bits per heavy atom. The van der Waals surface area contributed by atoms with Gasteiger partial charge in [-0.3, -0.25) is 0 Å². The molecule has 0 fully saturated rings. The minimum absolute atomic E-state index is 0.138. The predicted octanol–water partition coefficient (Wildman–Crippen LogP) is 4.99. The molecule has 3 rings (SSSR count). The number of cyclic esters (lactones) is 1. The largest absolute Gasteiger partial charge is 0.402 e. The van der Waals surface area contributed by atoms with Crippen molar-refractivity contribution in [2.75, 3.05) is 0 Å². The fourth-order valence-corrected chi connectivity index (χ4v) is 2.52. The SMILES string of the molecule is O=C1OC(c2ccccc2Cl)=NC1=Cc1cccc(Cl)c1Cl. The number of aliphatic imine (C=N–C) groups is 1. The first kappa shape index (κ1) is 15.1. The second-order valence-electron chi connectivity index (χ2n) is 4.46. The normalized spacial score (nSPS) is 15.9. The molecule has 110 valence electrons. The number of halogens is 3. The van der Waals surface area contributed by atoms with Crippen molar-refractivity contribution in [1.29, 1.82) is 0 Å². The van der Waals surface area contributed by atoms with Crippen molar-refractivity contribution < 1.29 is 9.53 Å². The summed E-state index contributed by atoms with van der Waals surface area (Å²) in [5.41, 5.74) is 1.28. The molecule has 6 heteroatoms. The lowest BCUT2D eigenvalue weighted by Crippen LogP contribution is -2.05. The molecule has 0 spiro atoms. The second-order valence-corrected chi connectivity index (χ2v) is 5.65. The zero-order valence-corrected chi connectivity index (χ0v) is 13.3. The number of carbonyl (C=O) groups is 1. The van der Waals surface area contributed by atoms with Gasteiger partial charge in [-0.05, 0) is 29.8 Å². The lowest BCUT2D eigenvalue weighted by Gasteiger charge is -2.00. The standard InChI is InChI=1S/C16H8Cl3NO2/c17-11-6-2-1-5-10(11)15-20-13(16(21)22-15)8-9-4-3-7-12(18)14(9)19/h1-8H. The van der Waals surface area contributed by atoms with E-state index >= 15 is 0 Å². The minimum Gasteiger partial charge on any atom is -0.402 e. The van der Waals surface area contributed by atoms with E-state index in [1.807, 2.05) is 0 Å². The molecule has 0 N–H and O–H groups in total. The number of nitrogens with zero attached hydrogens (tertiary/aromatic N) is 1. The Hall–Kier alpha value is -1.81.